The first-order valence-electron chi connectivity index (χ1n) is 8.65. The van der Waals surface area contributed by atoms with Crippen LogP contribution in [0, 0.1) is 0 Å². The van der Waals surface area contributed by atoms with Gasteiger partial charge in [0.15, 0.2) is 0 Å². The maximum absolute atomic E-state index is 12.5. The van der Waals surface area contributed by atoms with Crippen LogP contribution in [0.5, 0.6) is 0 Å². The standard InChI is InChI=1S/C18H27F3N2/c19-18(20,21)17-9-7-16(8-10-17)6-3-1-2-4-13-23-14-5-11-22-12-15-23/h7-10,22H,1-6,11-15H2. The third kappa shape index (κ3) is 6.92. The molecule has 1 aliphatic rings. The van der Waals surface area contributed by atoms with E-state index in [1.165, 1.54) is 44.5 Å². The Morgan fingerprint density at radius 1 is 0.913 bits per heavy atom. The van der Waals surface area contributed by atoms with Gasteiger partial charge in [0.1, 0.15) is 0 Å². The molecule has 1 fully saturated rings. The molecule has 0 saturated carbocycles. The third-order valence-corrected chi connectivity index (χ3v) is 4.40. The van der Waals surface area contributed by atoms with E-state index in [1.807, 2.05) is 0 Å². The van der Waals surface area contributed by atoms with Crippen molar-refractivity contribution in [3.63, 3.8) is 0 Å². The fraction of sp³-hybridized carbons (Fsp3) is 0.667. The van der Waals surface area contributed by atoms with Gasteiger partial charge in [-0.1, -0.05) is 25.0 Å². The summed E-state index contributed by atoms with van der Waals surface area (Å²) in [4.78, 5) is 2.52. The summed E-state index contributed by atoms with van der Waals surface area (Å²) in [5, 5.41) is 3.41. The predicted octanol–water partition coefficient (Wildman–Crippen LogP) is 4.10. The highest BCUT2D eigenvalue weighted by Crippen LogP contribution is 2.29. The van der Waals surface area contributed by atoms with Crippen LogP contribution in [0.4, 0.5) is 13.2 Å². The van der Waals surface area contributed by atoms with Crippen LogP contribution in [0.2, 0.25) is 0 Å². The number of aryl methyl sites for hydroxylation is 1. The van der Waals surface area contributed by atoms with Crippen LogP contribution in [0.3, 0.4) is 0 Å². The molecule has 1 heterocycles. The zero-order chi connectivity index (χ0) is 16.5. The van der Waals surface area contributed by atoms with Crippen molar-refractivity contribution in [2.24, 2.45) is 0 Å². The van der Waals surface area contributed by atoms with Crippen molar-refractivity contribution >= 4 is 0 Å². The van der Waals surface area contributed by atoms with Gasteiger partial charge in [-0.15, -0.1) is 0 Å². The summed E-state index contributed by atoms with van der Waals surface area (Å²) in [5.74, 6) is 0. The number of benzene rings is 1. The van der Waals surface area contributed by atoms with Crippen LogP contribution < -0.4 is 5.32 Å². The van der Waals surface area contributed by atoms with Gasteiger partial charge in [0, 0.05) is 13.1 Å². The lowest BCUT2D eigenvalue weighted by atomic mass is 10.0. The first kappa shape index (κ1) is 18.3. The smallest absolute Gasteiger partial charge is 0.315 e. The van der Waals surface area contributed by atoms with Crippen LogP contribution >= 0.6 is 0 Å². The molecular formula is C18H27F3N2. The second kappa shape index (κ2) is 9.28. The van der Waals surface area contributed by atoms with Crippen molar-refractivity contribution < 1.29 is 13.2 Å². The number of unbranched alkanes of at least 4 members (excludes halogenated alkanes) is 3. The largest absolute Gasteiger partial charge is 0.416 e. The molecule has 1 aromatic rings. The lowest BCUT2D eigenvalue weighted by molar-refractivity contribution is -0.137. The van der Waals surface area contributed by atoms with Gasteiger partial charge in [0.25, 0.3) is 0 Å². The number of nitrogens with one attached hydrogen (secondary N) is 1. The molecule has 130 valence electrons. The highest BCUT2D eigenvalue weighted by molar-refractivity contribution is 5.24. The fourth-order valence-electron chi connectivity index (χ4n) is 3.00. The Kier molecular flexibility index (Phi) is 7.37. The lowest BCUT2D eigenvalue weighted by Gasteiger charge is -2.18. The minimum absolute atomic E-state index is 0.562. The molecule has 0 aromatic heterocycles. The van der Waals surface area contributed by atoms with E-state index in [0.29, 0.717) is 0 Å². The zero-order valence-corrected chi connectivity index (χ0v) is 13.7. The molecule has 1 aromatic carbocycles. The highest BCUT2D eigenvalue weighted by Gasteiger charge is 2.29. The second-order valence-electron chi connectivity index (χ2n) is 6.30. The van der Waals surface area contributed by atoms with Gasteiger partial charge in [0.2, 0.25) is 0 Å². The summed E-state index contributed by atoms with van der Waals surface area (Å²) < 4.78 is 37.4. The Labute approximate surface area is 137 Å². The van der Waals surface area contributed by atoms with E-state index in [0.717, 1.165) is 44.5 Å². The molecule has 2 nitrogen and oxygen atoms in total. The lowest BCUT2D eigenvalue weighted by Crippen LogP contribution is -2.29. The molecule has 23 heavy (non-hydrogen) atoms. The first-order valence-corrected chi connectivity index (χ1v) is 8.65. The molecule has 5 heteroatoms. The Morgan fingerprint density at radius 2 is 1.65 bits per heavy atom. The third-order valence-electron chi connectivity index (χ3n) is 4.40. The van der Waals surface area contributed by atoms with E-state index in [4.69, 9.17) is 0 Å². The van der Waals surface area contributed by atoms with E-state index in [1.54, 1.807) is 12.1 Å². The molecule has 0 radical (unpaired) electrons. The minimum Gasteiger partial charge on any atom is -0.315 e. The summed E-state index contributed by atoms with van der Waals surface area (Å²) in [6.45, 7) is 5.73. The SMILES string of the molecule is FC(F)(F)c1ccc(CCCCCCN2CCCNCC2)cc1. The first-order chi connectivity index (χ1) is 11.1. The number of hydrogen-bond donors (Lipinski definition) is 1. The van der Waals surface area contributed by atoms with E-state index in [-0.39, 0.29) is 0 Å². The summed E-state index contributed by atoms with van der Waals surface area (Å²) in [5.41, 5.74) is 0.435. The zero-order valence-electron chi connectivity index (χ0n) is 13.7. The van der Waals surface area contributed by atoms with Gasteiger partial charge in [-0.3, -0.25) is 0 Å². The normalized spacial score (nSPS) is 17.2. The van der Waals surface area contributed by atoms with E-state index < -0.39 is 11.7 Å². The number of halogens is 3. The molecule has 2 rings (SSSR count). The summed E-state index contributed by atoms with van der Waals surface area (Å²) >= 11 is 0. The fourth-order valence-corrected chi connectivity index (χ4v) is 3.00. The Balaban J connectivity index is 1.56. The highest BCUT2D eigenvalue weighted by atomic mass is 19.4. The molecule has 0 spiro atoms. The molecule has 0 unspecified atom stereocenters. The number of alkyl halides is 3. The van der Waals surface area contributed by atoms with E-state index in [9.17, 15) is 13.2 Å². The topological polar surface area (TPSA) is 15.3 Å². The van der Waals surface area contributed by atoms with Crippen molar-refractivity contribution in [2.75, 3.05) is 32.7 Å². The van der Waals surface area contributed by atoms with Crippen molar-refractivity contribution in [2.45, 2.75) is 44.7 Å². The molecule has 0 aliphatic carbocycles. The van der Waals surface area contributed by atoms with Gasteiger partial charge in [-0.25, -0.2) is 0 Å². The van der Waals surface area contributed by atoms with Crippen LogP contribution in [-0.2, 0) is 12.6 Å². The number of hydrogen-bond acceptors (Lipinski definition) is 2. The molecule has 0 amide bonds. The van der Waals surface area contributed by atoms with Crippen LogP contribution in [0.25, 0.3) is 0 Å². The van der Waals surface area contributed by atoms with Gasteiger partial charge in [-0.2, -0.15) is 13.2 Å². The van der Waals surface area contributed by atoms with Crippen molar-refractivity contribution in [3.8, 4) is 0 Å². The monoisotopic (exact) mass is 328 g/mol. The molecule has 1 N–H and O–H groups in total. The van der Waals surface area contributed by atoms with E-state index >= 15 is 0 Å². The number of nitrogens with zero attached hydrogens (tertiary/aromatic N) is 1. The average Bonchev–Trinajstić information content (AvgIpc) is 2.79. The van der Waals surface area contributed by atoms with Crippen molar-refractivity contribution in [3.05, 3.63) is 35.4 Å². The van der Waals surface area contributed by atoms with Gasteiger partial charge < -0.3 is 10.2 Å². The summed E-state index contributed by atoms with van der Waals surface area (Å²) in [6.07, 6.45) is 2.47. The summed E-state index contributed by atoms with van der Waals surface area (Å²) in [7, 11) is 0. The minimum atomic E-state index is -4.23. The van der Waals surface area contributed by atoms with E-state index in [2.05, 4.69) is 10.2 Å². The average molecular weight is 328 g/mol. The predicted molar refractivity (Wildman–Crippen MR) is 87.5 cm³/mol. The van der Waals surface area contributed by atoms with Gasteiger partial charge in [0.05, 0.1) is 5.56 Å². The molecule has 0 atom stereocenters. The van der Waals surface area contributed by atoms with Crippen LogP contribution in [0.15, 0.2) is 24.3 Å². The van der Waals surface area contributed by atoms with Gasteiger partial charge in [-0.05, 0) is 63.0 Å². The van der Waals surface area contributed by atoms with Gasteiger partial charge >= 0.3 is 6.18 Å². The molecule has 1 saturated heterocycles. The molecule has 1 aliphatic heterocycles. The molecule has 0 bridgehead atoms. The maximum atomic E-state index is 12.5. The van der Waals surface area contributed by atoms with Crippen LogP contribution in [-0.4, -0.2) is 37.6 Å². The quantitative estimate of drug-likeness (QED) is 0.758. The maximum Gasteiger partial charge on any atom is 0.416 e. The Hall–Kier alpha value is -1.07. The van der Waals surface area contributed by atoms with Crippen molar-refractivity contribution in [1.29, 1.82) is 0 Å². The molecular weight excluding hydrogens is 301 g/mol. The summed E-state index contributed by atoms with van der Waals surface area (Å²) in [6, 6.07) is 5.57. The Morgan fingerprint density at radius 3 is 2.39 bits per heavy atom. The van der Waals surface area contributed by atoms with Crippen LogP contribution in [0.1, 0.15) is 43.2 Å². The number of rotatable bonds is 7. The Bertz CT molecular complexity index is 435. The van der Waals surface area contributed by atoms with Crippen molar-refractivity contribution in [1.82, 2.24) is 10.2 Å². The second-order valence-corrected chi connectivity index (χ2v) is 6.30.